The van der Waals surface area contributed by atoms with Crippen LogP contribution in [-0.4, -0.2) is 37.1 Å². The smallest absolute Gasteiger partial charge is 0.0802 e. The Hall–Kier alpha value is -0.640. The van der Waals surface area contributed by atoms with Gasteiger partial charge in [0, 0.05) is 25.6 Å². The highest BCUT2D eigenvalue weighted by Gasteiger charge is 2.69. The summed E-state index contributed by atoms with van der Waals surface area (Å²) in [7, 11) is 3.71. The molecule has 1 N–H and O–H groups in total. The van der Waals surface area contributed by atoms with Crippen LogP contribution >= 0.6 is 0 Å². The van der Waals surface area contributed by atoms with Gasteiger partial charge in [-0.15, -0.1) is 0 Å². The van der Waals surface area contributed by atoms with Crippen molar-refractivity contribution in [2.45, 2.75) is 118 Å². The van der Waals surface area contributed by atoms with Gasteiger partial charge < -0.3 is 14.6 Å². The molecule has 4 rings (SSSR count). The molecule has 0 aromatic carbocycles. The van der Waals surface area contributed by atoms with E-state index in [1.165, 1.54) is 31.3 Å². The van der Waals surface area contributed by atoms with Gasteiger partial charge in [-0.25, -0.2) is 0 Å². The van der Waals surface area contributed by atoms with Crippen molar-refractivity contribution in [3.8, 4) is 0 Å². The molecule has 4 aliphatic carbocycles. The standard InChI is InChI=1S/C32H54O3/c1-21(12-11-16-28(2,3)35-10)22-15-17-32(8)27-25(34-9)20-24-23(13-14-26(33)29(24,4)5)30(27,6)18-19-31(22,32)7/h11,16,20-23,25-27,33H,12-15,17-19H2,1-10H3/t21-,22-,23-,25+,26+,27-,30+,31-,32+/m1/s1. The van der Waals surface area contributed by atoms with Crippen molar-refractivity contribution in [1.29, 1.82) is 0 Å². The van der Waals surface area contributed by atoms with Crippen molar-refractivity contribution in [1.82, 2.24) is 0 Å². The van der Waals surface area contributed by atoms with Gasteiger partial charge in [-0.05, 0) is 92.8 Å². The summed E-state index contributed by atoms with van der Waals surface area (Å²) in [5, 5.41) is 10.9. The summed E-state index contributed by atoms with van der Waals surface area (Å²) >= 11 is 0. The molecule has 3 heteroatoms. The molecule has 0 spiro atoms. The molecule has 0 amide bonds. The fourth-order valence-corrected chi connectivity index (χ4v) is 9.69. The molecular weight excluding hydrogens is 432 g/mol. The summed E-state index contributed by atoms with van der Waals surface area (Å²) in [5.74, 6) is 2.49. The van der Waals surface area contributed by atoms with Gasteiger partial charge in [0.25, 0.3) is 0 Å². The van der Waals surface area contributed by atoms with E-state index >= 15 is 0 Å². The predicted molar refractivity (Wildman–Crippen MR) is 145 cm³/mol. The van der Waals surface area contributed by atoms with Crippen LogP contribution in [0, 0.1) is 45.3 Å². The van der Waals surface area contributed by atoms with Crippen molar-refractivity contribution in [2.75, 3.05) is 14.2 Å². The van der Waals surface area contributed by atoms with Gasteiger partial charge in [-0.3, -0.25) is 0 Å². The zero-order valence-electron chi connectivity index (χ0n) is 24.4. The second kappa shape index (κ2) is 8.98. The Morgan fingerprint density at radius 1 is 1.03 bits per heavy atom. The Kier molecular flexibility index (Phi) is 7.03. The van der Waals surface area contributed by atoms with Crippen LogP contribution < -0.4 is 0 Å². The lowest BCUT2D eigenvalue weighted by Gasteiger charge is -2.67. The Morgan fingerprint density at radius 3 is 2.34 bits per heavy atom. The zero-order chi connectivity index (χ0) is 26.0. The zero-order valence-corrected chi connectivity index (χ0v) is 24.4. The Bertz CT molecular complexity index is 855. The summed E-state index contributed by atoms with van der Waals surface area (Å²) in [5.41, 5.74) is 1.94. The maximum atomic E-state index is 10.9. The molecule has 35 heavy (non-hydrogen) atoms. The monoisotopic (exact) mass is 486 g/mol. The van der Waals surface area contributed by atoms with Gasteiger partial charge in [0.15, 0.2) is 0 Å². The number of aliphatic hydroxyl groups is 1. The van der Waals surface area contributed by atoms with Crippen molar-refractivity contribution in [2.24, 2.45) is 45.3 Å². The topological polar surface area (TPSA) is 38.7 Å². The van der Waals surface area contributed by atoms with Gasteiger partial charge in [0.2, 0.25) is 0 Å². The van der Waals surface area contributed by atoms with Crippen LogP contribution in [0.3, 0.4) is 0 Å². The summed E-state index contributed by atoms with van der Waals surface area (Å²) in [4.78, 5) is 0. The number of fused-ring (bicyclic) bond motifs is 5. The van der Waals surface area contributed by atoms with E-state index in [-0.39, 0.29) is 34.1 Å². The molecule has 0 unspecified atom stereocenters. The second-order valence-corrected chi connectivity index (χ2v) is 14.6. The van der Waals surface area contributed by atoms with Crippen LogP contribution in [0.15, 0.2) is 23.8 Å². The van der Waals surface area contributed by atoms with Gasteiger partial charge in [0.05, 0.1) is 17.8 Å². The average Bonchev–Trinajstić information content (AvgIpc) is 3.07. The summed E-state index contributed by atoms with van der Waals surface area (Å²) in [6.07, 6.45) is 15.3. The summed E-state index contributed by atoms with van der Waals surface area (Å²) < 4.78 is 12.0. The van der Waals surface area contributed by atoms with E-state index in [0.29, 0.717) is 23.2 Å². The van der Waals surface area contributed by atoms with Crippen molar-refractivity contribution >= 4 is 0 Å². The minimum Gasteiger partial charge on any atom is -0.392 e. The maximum Gasteiger partial charge on any atom is 0.0802 e. The number of methoxy groups -OCH3 is 2. The highest BCUT2D eigenvalue weighted by Crippen LogP contribution is 2.75. The van der Waals surface area contributed by atoms with Crippen LogP contribution in [-0.2, 0) is 9.47 Å². The first kappa shape index (κ1) is 27.4. The average molecular weight is 487 g/mol. The molecular formula is C32H54O3. The third kappa shape index (κ3) is 4.02. The second-order valence-electron chi connectivity index (χ2n) is 14.6. The lowest BCUT2D eigenvalue weighted by atomic mass is 9.38. The largest absolute Gasteiger partial charge is 0.392 e. The van der Waals surface area contributed by atoms with E-state index in [2.05, 4.69) is 73.6 Å². The van der Waals surface area contributed by atoms with Crippen molar-refractivity contribution in [3.63, 3.8) is 0 Å². The van der Waals surface area contributed by atoms with Crippen LogP contribution in [0.5, 0.6) is 0 Å². The molecule has 0 radical (unpaired) electrons. The van der Waals surface area contributed by atoms with Crippen LogP contribution in [0.1, 0.15) is 100 Å². The van der Waals surface area contributed by atoms with E-state index in [0.717, 1.165) is 25.2 Å². The number of hydrogen-bond donors (Lipinski definition) is 1. The molecule has 200 valence electrons. The summed E-state index contributed by atoms with van der Waals surface area (Å²) in [6.45, 7) is 19.1. The molecule has 0 aromatic rings. The molecule has 3 saturated carbocycles. The fourth-order valence-electron chi connectivity index (χ4n) is 9.69. The van der Waals surface area contributed by atoms with E-state index in [1.54, 1.807) is 7.11 Å². The first-order chi connectivity index (χ1) is 16.2. The van der Waals surface area contributed by atoms with E-state index in [1.807, 2.05) is 7.11 Å². The number of hydrogen-bond acceptors (Lipinski definition) is 3. The SMILES string of the molecule is CO[C@H]1C=C2[C@@H](CC[C@H](O)C2(C)C)[C@]2(C)CC[C@]3(C)[C@@H]([C@H](C)CC=CC(C)(C)OC)CC[C@@]3(C)[C@H]12. The van der Waals surface area contributed by atoms with Gasteiger partial charge in [-0.1, -0.05) is 65.3 Å². The molecule has 0 bridgehead atoms. The van der Waals surface area contributed by atoms with E-state index in [9.17, 15) is 5.11 Å². The highest BCUT2D eigenvalue weighted by atomic mass is 16.5. The van der Waals surface area contributed by atoms with Gasteiger partial charge >= 0.3 is 0 Å². The summed E-state index contributed by atoms with van der Waals surface area (Å²) in [6, 6.07) is 0. The molecule has 0 heterocycles. The van der Waals surface area contributed by atoms with Gasteiger partial charge in [0.1, 0.15) is 0 Å². The number of rotatable bonds is 6. The predicted octanol–water partition coefficient (Wildman–Crippen LogP) is 7.58. The quantitative estimate of drug-likeness (QED) is 0.393. The lowest BCUT2D eigenvalue weighted by Crippen LogP contribution is -2.63. The Balaban J connectivity index is 1.67. The molecule has 0 saturated heterocycles. The molecule has 3 nitrogen and oxygen atoms in total. The Labute approximate surface area is 216 Å². The minimum atomic E-state index is -0.250. The highest BCUT2D eigenvalue weighted by molar-refractivity contribution is 5.32. The lowest BCUT2D eigenvalue weighted by molar-refractivity contribution is -0.182. The number of allylic oxidation sites excluding steroid dienone is 1. The van der Waals surface area contributed by atoms with Crippen molar-refractivity contribution < 1.29 is 14.6 Å². The van der Waals surface area contributed by atoms with E-state index < -0.39 is 0 Å². The van der Waals surface area contributed by atoms with Crippen LogP contribution in [0.25, 0.3) is 0 Å². The molecule has 9 atom stereocenters. The normalized spacial score (nSPS) is 46.0. The molecule has 3 fully saturated rings. The Morgan fingerprint density at radius 2 is 1.71 bits per heavy atom. The molecule has 0 aromatic heterocycles. The first-order valence-electron chi connectivity index (χ1n) is 14.3. The third-order valence-electron chi connectivity index (χ3n) is 12.3. The van der Waals surface area contributed by atoms with Crippen molar-refractivity contribution in [3.05, 3.63) is 23.8 Å². The minimum absolute atomic E-state index is 0.136. The van der Waals surface area contributed by atoms with Crippen LogP contribution in [0.2, 0.25) is 0 Å². The fraction of sp³-hybridized carbons (Fsp3) is 0.875. The van der Waals surface area contributed by atoms with E-state index in [4.69, 9.17) is 9.47 Å². The maximum absolute atomic E-state index is 10.9. The van der Waals surface area contributed by atoms with Gasteiger partial charge in [-0.2, -0.15) is 0 Å². The number of aliphatic hydroxyl groups excluding tert-OH is 1. The first-order valence-corrected chi connectivity index (χ1v) is 14.3. The van der Waals surface area contributed by atoms with Crippen LogP contribution in [0.4, 0.5) is 0 Å². The molecule has 4 aliphatic rings. The molecule has 0 aliphatic heterocycles. The third-order valence-corrected chi connectivity index (χ3v) is 12.3. The number of ether oxygens (including phenoxy) is 2.